The number of hydrogen-bond acceptors (Lipinski definition) is 3. The van der Waals surface area contributed by atoms with Crippen LogP contribution < -0.4 is 5.73 Å². The summed E-state index contributed by atoms with van der Waals surface area (Å²) < 4.78 is 1.82. The molecule has 0 fully saturated rings. The van der Waals surface area contributed by atoms with Crippen LogP contribution >= 0.6 is 0 Å². The van der Waals surface area contributed by atoms with Crippen molar-refractivity contribution >= 4 is 0 Å². The quantitative estimate of drug-likeness (QED) is 0.934. The Morgan fingerprint density at radius 2 is 1.95 bits per heavy atom. The highest BCUT2D eigenvalue weighted by atomic mass is 15.3. The maximum atomic E-state index is 5.61. The summed E-state index contributed by atoms with van der Waals surface area (Å²) in [5.41, 5.74) is 9.33. The van der Waals surface area contributed by atoms with Crippen LogP contribution in [0.15, 0.2) is 18.2 Å². The van der Waals surface area contributed by atoms with Gasteiger partial charge in [0, 0.05) is 19.0 Å². The third-order valence-electron chi connectivity index (χ3n) is 3.57. The molecular weight excluding hydrogens is 248 g/mol. The first kappa shape index (κ1) is 14.7. The van der Waals surface area contributed by atoms with Gasteiger partial charge in [0.1, 0.15) is 5.82 Å². The summed E-state index contributed by atoms with van der Waals surface area (Å²) in [4.78, 5) is 4.63. The summed E-state index contributed by atoms with van der Waals surface area (Å²) >= 11 is 0. The predicted molar refractivity (Wildman–Crippen MR) is 82.6 cm³/mol. The highest BCUT2D eigenvalue weighted by Crippen LogP contribution is 2.28. The van der Waals surface area contributed by atoms with Gasteiger partial charge in [0.2, 0.25) is 0 Å². The van der Waals surface area contributed by atoms with Crippen LogP contribution in [-0.2, 0) is 18.9 Å². The summed E-state index contributed by atoms with van der Waals surface area (Å²) in [6, 6.07) is 6.54. The van der Waals surface area contributed by atoms with Crippen LogP contribution in [0.3, 0.4) is 0 Å². The Kier molecular flexibility index (Phi) is 3.95. The van der Waals surface area contributed by atoms with Crippen LogP contribution in [0.4, 0.5) is 0 Å². The molecule has 0 unspecified atom stereocenters. The molecule has 0 radical (unpaired) electrons. The van der Waals surface area contributed by atoms with Crippen molar-refractivity contribution in [3.63, 3.8) is 0 Å². The van der Waals surface area contributed by atoms with Crippen LogP contribution in [0.5, 0.6) is 0 Å². The first-order chi connectivity index (χ1) is 9.32. The molecule has 0 aliphatic heterocycles. The second-order valence-electron chi connectivity index (χ2n) is 6.29. The molecule has 1 aromatic heterocycles. The summed E-state index contributed by atoms with van der Waals surface area (Å²) in [7, 11) is 1.92. The number of nitrogens with two attached hydrogens (primary N) is 1. The standard InChI is InChI=1S/C16H24N4/c1-11-6-7-12(16(2,3)4)10-13(11)15-18-14(8-9-17)20(5)19-15/h6-7,10H,8-9,17H2,1-5H3. The van der Waals surface area contributed by atoms with Gasteiger partial charge in [-0.25, -0.2) is 4.98 Å². The summed E-state index contributed by atoms with van der Waals surface area (Å²) in [6.07, 6.45) is 0.751. The number of hydrogen-bond donors (Lipinski definition) is 1. The van der Waals surface area contributed by atoms with Gasteiger partial charge in [0.15, 0.2) is 5.82 Å². The minimum atomic E-state index is 0.122. The molecule has 0 aliphatic rings. The van der Waals surface area contributed by atoms with E-state index in [-0.39, 0.29) is 5.41 Å². The van der Waals surface area contributed by atoms with Crippen LogP contribution in [-0.4, -0.2) is 21.3 Å². The Bertz CT molecular complexity index is 605. The highest BCUT2D eigenvalue weighted by Gasteiger charge is 2.17. The number of nitrogens with zero attached hydrogens (tertiary/aromatic N) is 3. The molecule has 1 aromatic carbocycles. The van der Waals surface area contributed by atoms with E-state index in [1.54, 1.807) is 0 Å². The fraction of sp³-hybridized carbons (Fsp3) is 0.500. The first-order valence-electron chi connectivity index (χ1n) is 7.04. The molecule has 0 atom stereocenters. The van der Waals surface area contributed by atoms with Gasteiger partial charge in [-0.05, 0) is 36.1 Å². The zero-order chi connectivity index (χ0) is 14.9. The van der Waals surface area contributed by atoms with E-state index in [4.69, 9.17) is 5.73 Å². The lowest BCUT2D eigenvalue weighted by molar-refractivity contribution is 0.590. The van der Waals surface area contributed by atoms with Crippen molar-refractivity contribution in [3.8, 4) is 11.4 Å². The summed E-state index contributed by atoms with van der Waals surface area (Å²) in [5.74, 6) is 1.72. The van der Waals surface area contributed by atoms with Crippen molar-refractivity contribution in [2.24, 2.45) is 12.8 Å². The van der Waals surface area contributed by atoms with Gasteiger partial charge >= 0.3 is 0 Å². The van der Waals surface area contributed by atoms with Crippen molar-refractivity contribution in [2.75, 3.05) is 6.54 Å². The van der Waals surface area contributed by atoms with Crippen LogP contribution in [0.25, 0.3) is 11.4 Å². The van der Waals surface area contributed by atoms with Gasteiger partial charge < -0.3 is 5.73 Å². The third kappa shape index (κ3) is 2.90. The van der Waals surface area contributed by atoms with E-state index in [1.807, 2.05) is 11.7 Å². The van der Waals surface area contributed by atoms with E-state index in [1.165, 1.54) is 11.1 Å². The Balaban J connectivity index is 2.49. The Labute approximate surface area is 121 Å². The first-order valence-corrected chi connectivity index (χ1v) is 7.04. The minimum Gasteiger partial charge on any atom is -0.330 e. The van der Waals surface area contributed by atoms with Crippen molar-refractivity contribution in [3.05, 3.63) is 35.2 Å². The SMILES string of the molecule is Cc1ccc(C(C)(C)C)cc1-c1nc(CCN)n(C)n1. The molecule has 2 N–H and O–H groups in total. The average molecular weight is 272 g/mol. The van der Waals surface area contributed by atoms with E-state index in [0.29, 0.717) is 6.54 Å². The molecule has 0 bridgehead atoms. The van der Waals surface area contributed by atoms with Crippen molar-refractivity contribution in [1.29, 1.82) is 0 Å². The zero-order valence-corrected chi connectivity index (χ0v) is 13.1. The molecule has 0 amide bonds. The number of rotatable bonds is 3. The van der Waals surface area contributed by atoms with Gasteiger partial charge in [0.05, 0.1) is 0 Å². The Morgan fingerprint density at radius 3 is 2.55 bits per heavy atom. The van der Waals surface area contributed by atoms with E-state index in [9.17, 15) is 0 Å². The summed E-state index contributed by atoms with van der Waals surface area (Å²) in [6.45, 7) is 9.33. The van der Waals surface area contributed by atoms with Gasteiger partial charge in [-0.15, -0.1) is 0 Å². The van der Waals surface area contributed by atoms with E-state index in [0.717, 1.165) is 23.6 Å². The molecular formula is C16H24N4. The van der Waals surface area contributed by atoms with Crippen molar-refractivity contribution in [2.45, 2.75) is 39.5 Å². The second kappa shape index (κ2) is 5.37. The zero-order valence-electron chi connectivity index (χ0n) is 13.1. The number of benzene rings is 1. The third-order valence-corrected chi connectivity index (χ3v) is 3.57. The molecule has 1 heterocycles. The largest absolute Gasteiger partial charge is 0.330 e. The van der Waals surface area contributed by atoms with Gasteiger partial charge in [-0.2, -0.15) is 5.10 Å². The molecule has 4 heteroatoms. The predicted octanol–water partition coefficient (Wildman–Crippen LogP) is 2.59. The van der Waals surface area contributed by atoms with Crippen LogP contribution in [0, 0.1) is 6.92 Å². The lowest BCUT2D eigenvalue weighted by atomic mass is 9.85. The van der Waals surface area contributed by atoms with Gasteiger partial charge in [0.25, 0.3) is 0 Å². The maximum absolute atomic E-state index is 5.61. The normalized spacial score (nSPS) is 11.9. The van der Waals surface area contributed by atoms with E-state index < -0.39 is 0 Å². The molecule has 0 aliphatic carbocycles. The van der Waals surface area contributed by atoms with Crippen LogP contribution in [0.1, 0.15) is 37.7 Å². The molecule has 2 rings (SSSR count). The van der Waals surface area contributed by atoms with E-state index >= 15 is 0 Å². The Hall–Kier alpha value is -1.68. The maximum Gasteiger partial charge on any atom is 0.181 e. The fourth-order valence-electron chi connectivity index (χ4n) is 2.21. The fourth-order valence-corrected chi connectivity index (χ4v) is 2.21. The molecule has 4 nitrogen and oxygen atoms in total. The molecule has 20 heavy (non-hydrogen) atoms. The Morgan fingerprint density at radius 1 is 1.25 bits per heavy atom. The average Bonchev–Trinajstić information content (AvgIpc) is 2.70. The van der Waals surface area contributed by atoms with Crippen molar-refractivity contribution in [1.82, 2.24) is 14.8 Å². The summed E-state index contributed by atoms with van der Waals surface area (Å²) in [5, 5.41) is 4.53. The van der Waals surface area contributed by atoms with Gasteiger partial charge in [-0.1, -0.05) is 32.9 Å². The topological polar surface area (TPSA) is 56.7 Å². The lowest BCUT2D eigenvalue weighted by Gasteiger charge is -2.20. The molecule has 0 spiro atoms. The van der Waals surface area contributed by atoms with Crippen LogP contribution in [0.2, 0.25) is 0 Å². The molecule has 0 saturated heterocycles. The van der Waals surface area contributed by atoms with Crippen molar-refractivity contribution < 1.29 is 0 Å². The lowest BCUT2D eigenvalue weighted by Crippen LogP contribution is -2.11. The molecule has 0 saturated carbocycles. The minimum absolute atomic E-state index is 0.122. The molecule has 2 aromatic rings. The monoisotopic (exact) mass is 272 g/mol. The number of aryl methyl sites for hydroxylation is 2. The molecule has 108 valence electrons. The van der Waals surface area contributed by atoms with E-state index in [2.05, 4.69) is 56.0 Å². The van der Waals surface area contributed by atoms with Gasteiger partial charge in [-0.3, -0.25) is 4.68 Å². The second-order valence-corrected chi connectivity index (χ2v) is 6.29. The smallest absolute Gasteiger partial charge is 0.181 e. The number of aromatic nitrogens is 3. The highest BCUT2D eigenvalue weighted by molar-refractivity contribution is 5.61.